The van der Waals surface area contributed by atoms with Crippen LogP contribution in [0.25, 0.3) is 0 Å². The van der Waals surface area contributed by atoms with Crippen molar-refractivity contribution in [3.63, 3.8) is 0 Å². The summed E-state index contributed by atoms with van der Waals surface area (Å²) in [4.78, 5) is 25.4. The van der Waals surface area contributed by atoms with Crippen LogP contribution >= 0.6 is 0 Å². The molecule has 1 aliphatic rings. The standard InChI is InChI=1S/C23H33F3N2O5/c1-21(2,3)33-20(30)28-11-7-10-22(16-28,15-27-19(29)23(24,25)26)17-32-13-12-31-14-18-8-5-4-6-9-18/h4-6,8-9H,7,10-17H2,1-3H3,(H,27,29)/t22-/m0/s1. The van der Waals surface area contributed by atoms with Gasteiger partial charge < -0.3 is 24.4 Å². The summed E-state index contributed by atoms with van der Waals surface area (Å²) >= 11 is 0. The van der Waals surface area contributed by atoms with Gasteiger partial charge in [-0.25, -0.2) is 4.79 Å². The first kappa shape index (κ1) is 26.9. The quantitative estimate of drug-likeness (QED) is 0.549. The van der Waals surface area contributed by atoms with Crippen molar-refractivity contribution in [1.29, 1.82) is 0 Å². The van der Waals surface area contributed by atoms with Crippen molar-refractivity contribution in [3.05, 3.63) is 35.9 Å². The Kier molecular flexibility index (Phi) is 9.54. The summed E-state index contributed by atoms with van der Waals surface area (Å²) in [6.07, 6.45) is -4.48. The second kappa shape index (κ2) is 11.7. The lowest BCUT2D eigenvalue weighted by atomic mass is 9.80. The SMILES string of the molecule is CC(C)(C)OC(=O)N1CCC[C@@](CNC(=O)C(F)(F)F)(COCCOCc2ccccc2)C1. The molecule has 0 aliphatic carbocycles. The van der Waals surface area contributed by atoms with Crippen LogP contribution in [0.2, 0.25) is 0 Å². The first-order valence-corrected chi connectivity index (χ1v) is 10.9. The molecule has 1 atom stereocenters. The predicted octanol–water partition coefficient (Wildman–Crippen LogP) is 3.92. The Morgan fingerprint density at radius 1 is 1.09 bits per heavy atom. The highest BCUT2D eigenvalue weighted by molar-refractivity contribution is 5.81. The van der Waals surface area contributed by atoms with Crippen LogP contribution in [0.1, 0.15) is 39.2 Å². The molecule has 0 aromatic heterocycles. The molecule has 1 aromatic rings. The lowest BCUT2D eigenvalue weighted by Crippen LogP contribution is -2.55. The summed E-state index contributed by atoms with van der Waals surface area (Å²) in [6.45, 7) is 6.51. The van der Waals surface area contributed by atoms with Gasteiger partial charge in [0, 0.05) is 25.0 Å². The lowest BCUT2D eigenvalue weighted by Gasteiger charge is -2.43. The second-order valence-electron chi connectivity index (χ2n) is 9.28. The van der Waals surface area contributed by atoms with E-state index in [1.807, 2.05) is 35.6 Å². The zero-order chi connectivity index (χ0) is 24.5. The Balaban J connectivity index is 1.93. The summed E-state index contributed by atoms with van der Waals surface area (Å²) in [5.74, 6) is -2.01. The van der Waals surface area contributed by atoms with Crippen molar-refractivity contribution in [2.45, 2.75) is 52.0 Å². The molecule has 1 fully saturated rings. The summed E-state index contributed by atoms with van der Waals surface area (Å²) in [6, 6.07) is 9.61. The number of halogens is 3. The molecule has 0 spiro atoms. The van der Waals surface area contributed by atoms with E-state index < -0.39 is 29.2 Å². The summed E-state index contributed by atoms with van der Waals surface area (Å²) < 4.78 is 54.8. The molecule has 2 amide bonds. The molecule has 0 unspecified atom stereocenters. The van der Waals surface area contributed by atoms with Crippen LogP contribution in [0.5, 0.6) is 0 Å². The van der Waals surface area contributed by atoms with Crippen molar-refractivity contribution in [1.82, 2.24) is 10.2 Å². The number of carbonyl (C=O) groups is 2. The molecule has 2 rings (SSSR count). The predicted molar refractivity (Wildman–Crippen MR) is 115 cm³/mol. The summed E-state index contributed by atoms with van der Waals surface area (Å²) in [5.41, 5.74) is -0.548. The molecular weight excluding hydrogens is 441 g/mol. The molecule has 7 nitrogen and oxygen atoms in total. The van der Waals surface area contributed by atoms with E-state index in [9.17, 15) is 22.8 Å². The van der Waals surface area contributed by atoms with Crippen molar-refractivity contribution in [2.75, 3.05) is 39.5 Å². The van der Waals surface area contributed by atoms with Gasteiger partial charge in [0.1, 0.15) is 5.60 Å². The van der Waals surface area contributed by atoms with E-state index in [0.29, 0.717) is 32.6 Å². The Morgan fingerprint density at radius 3 is 2.39 bits per heavy atom. The van der Waals surface area contributed by atoms with E-state index in [0.717, 1.165) is 5.56 Å². The highest BCUT2D eigenvalue weighted by Crippen LogP contribution is 2.31. The average Bonchev–Trinajstić information content (AvgIpc) is 2.73. The van der Waals surface area contributed by atoms with E-state index in [2.05, 4.69) is 0 Å². The van der Waals surface area contributed by atoms with Crippen molar-refractivity contribution in [2.24, 2.45) is 5.41 Å². The van der Waals surface area contributed by atoms with Gasteiger partial charge in [-0.3, -0.25) is 4.79 Å². The van der Waals surface area contributed by atoms with Crippen LogP contribution in [0.3, 0.4) is 0 Å². The molecule has 0 bridgehead atoms. The van der Waals surface area contributed by atoms with Gasteiger partial charge in [-0.15, -0.1) is 0 Å². The molecule has 1 aromatic carbocycles. The van der Waals surface area contributed by atoms with Gasteiger partial charge in [0.2, 0.25) is 0 Å². The molecule has 1 saturated heterocycles. The topological polar surface area (TPSA) is 77.1 Å². The maximum absolute atomic E-state index is 12.7. The summed E-state index contributed by atoms with van der Waals surface area (Å²) in [7, 11) is 0. The van der Waals surface area contributed by atoms with E-state index in [1.165, 1.54) is 4.90 Å². The smallest absolute Gasteiger partial charge is 0.444 e. The van der Waals surface area contributed by atoms with Crippen LogP contribution in [0.15, 0.2) is 30.3 Å². The molecule has 0 saturated carbocycles. The van der Waals surface area contributed by atoms with Gasteiger partial charge in [0.05, 0.1) is 26.4 Å². The molecule has 186 valence electrons. The van der Waals surface area contributed by atoms with Crippen LogP contribution in [0.4, 0.5) is 18.0 Å². The number of amides is 2. The van der Waals surface area contributed by atoms with Crippen LogP contribution in [-0.4, -0.2) is 68.1 Å². The van der Waals surface area contributed by atoms with E-state index in [-0.39, 0.29) is 26.3 Å². The van der Waals surface area contributed by atoms with Crippen molar-refractivity contribution >= 4 is 12.0 Å². The van der Waals surface area contributed by atoms with Crippen molar-refractivity contribution < 1.29 is 37.0 Å². The minimum absolute atomic E-state index is 0.0686. The van der Waals surface area contributed by atoms with Crippen LogP contribution in [-0.2, 0) is 25.6 Å². The summed E-state index contributed by atoms with van der Waals surface area (Å²) in [5, 5.41) is 1.96. The second-order valence-corrected chi connectivity index (χ2v) is 9.28. The first-order chi connectivity index (χ1) is 15.4. The fourth-order valence-corrected chi connectivity index (χ4v) is 3.54. The third-order valence-corrected chi connectivity index (χ3v) is 5.09. The van der Waals surface area contributed by atoms with E-state index in [4.69, 9.17) is 14.2 Å². The van der Waals surface area contributed by atoms with Crippen LogP contribution in [0, 0.1) is 5.41 Å². The molecular formula is C23H33F3N2O5. The lowest BCUT2D eigenvalue weighted by molar-refractivity contribution is -0.174. The van der Waals surface area contributed by atoms with E-state index in [1.54, 1.807) is 20.8 Å². The van der Waals surface area contributed by atoms with Gasteiger partial charge in [0.15, 0.2) is 0 Å². The van der Waals surface area contributed by atoms with Crippen LogP contribution < -0.4 is 5.32 Å². The van der Waals surface area contributed by atoms with Gasteiger partial charge in [-0.05, 0) is 39.2 Å². The van der Waals surface area contributed by atoms with E-state index >= 15 is 0 Å². The Hall–Kier alpha value is -2.33. The number of hydrogen-bond donors (Lipinski definition) is 1. The number of rotatable bonds is 9. The maximum atomic E-state index is 12.7. The monoisotopic (exact) mass is 474 g/mol. The molecule has 1 aliphatic heterocycles. The third kappa shape index (κ3) is 9.59. The number of nitrogens with one attached hydrogen (secondary N) is 1. The number of carbonyl (C=O) groups excluding carboxylic acids is 2. The molecule has 1 heterocycles. The number of hydrogen-bond acceptors (Lipinski definition) is 5. The largest absolute Gasteiger partial charge is 0.471 e. The Bertz CT molecular complexity index is 768. The number of piperidine rings is 1. The first-order valence-electron chi connectivity index (χ1n) is 10.9. The number of likely N-dealkylation sites (tertiary alicyclic amines) is 1. The minimum atomic E-state index is -4.98. The number of benzene rings is 1. The zero-order valence-electron chi connectivity index (χ0n) is 19.4. The van der Waals surface area contributed by atoms with Crippen molar-refractivity contribution in [3.8, 4) is 0 Å². The van der Waals surface area contributed by atoms with Gasteiger partial charge in [-0.1, -0.05) is 30.3 Å². The van der Waals surface area contributed by atoms with Gasteiger partial charge in [0.25, 0.3) is 0 Å². The fraction of sp³-hybridized carbons (Fsp3) is 0.652. The molecule has 0 radical (unpaired) electrons. The average molecular weight is 475 g/mol. The molecule has 33 heavy (non-hydrogen) atoms. The van der Waals surface area contributed by atoms with Gasteiger partial charge >= 0.3 is 18.2 Å². The third-order valence-electron chi connectivity index (χ3n) is 5.09. The van der Waals surface area contributed by atoms with Gasteiger partial charge in [-0.2, -0.15) is 13.2 Å². The fourth-order valence-electron chi connectivity index (χ4n) is 3.54. The number of ether oxygens (including phenoxy) is 3. The highest BCUT2D eigenvalue weighted by atomic mass is 19.4. The number of nitrogens with zero attached hydrogens (tertiary/aromatic N) is 1. The number of alkyl halides is 3. The normalized spacial score (nSPS) is 19.3. The zero-order valence-corrected chi connectivity index (χ0v) is 19.4. The molecule has 10 heteroatoms. The Labute approximate surface area is 192 Å². The molecule has 1 N–H and O–H groups in total. The maximum Gasteiger partial charge on any atom is 0.471 e. The Morgan fingerprint density at radius 2 is 1.76 bits per heavy atom. The minimum Gasteiger partial charge on any atom is -0.444 e. The highest BCUT2D eigenvalue weighted by Gasteiger charge is 2.43.